The number of nitrogens with zero attached hydrogens (tertiary/aromatic N) is 4. The molecule has 1 saturated heterocycles. The van der Waals surface area contributed by atoms with E-state index in [2.05, 4.69) is 9.98 Å². The van der Waals surface area contributed by atoms with Crippen LogP contribution in [0.3, 0.4) is 0 Å². The molecular weight excluding hydrogens is 447 g/mol. The first-order valence-electron chi connectivity index (χ1n) is 9.87. The summed E-state index contributed by atoms with van der Waals surface area (Å²) in [6, 6.07) is 15.5. The average Bonchev–Trinajstić information content (AvgIpc) is 3.10. The van der Waals surface area contributed by atoms with Crippen molar-refractivity contribution in [2.24, 2.45) is 4.99 Å². The lowest BCUT2D eigenvalue weighted by Gasteiger charge is -2.11. The molecule has 3 aromatic rings. The molecule has 0 saturated carbocycles. The molecule has 0 bridgehead atoms. The van der Waals surface area contributed by atoms with E-state index < -0.39 is 4.92 Å². The molecule has 166 valence electrons. The summed E-state index contributed by atoms with van der Waals surface area (Å²) in [7, 11) is 0. The van der Waals surface area contributed by atoms with Gasteiger partial charge >= 0.3 is 0 Å². The smallest absolute Gasteiger partial charge is 0.287 e. The summed E-state index contributed by atoms with van der Waals surface area (Å²) in [6.45, 7) is 2.32. The van der Waals surface area contributed by atoms with E-state index in [1.807, 2.05) is 6.92 Å². The van der Waals surface area contributed by atoms with Crippen LogP contribution in [0.1, 0.15) is 12.5 Å². The highest BCUT2D eigenvalue weighted by molar-refractivity contribution is 8.18. The highest BCUT2D eigenvalue weighted by Crippen LogP contribution is 2.34. The number of hydrogen-bond donors (Lipinski definition) is 0. The van der Waals surface area contributed by atoms with Gasteiger partial charge in [-0.25, -0.2) is 14.4 Å². The van der Waals surface area contributed by atoms with Gasteiger partial charge in [0.1, 0.15) is 17.8 Å². The number of amides is 1. The van der Waals surface area contributed by atoms with Gasteiger partial charge in [-0.3, -0.25) is 19.8 Å². The second-order valence-electron chi connectivity index (χ2n) is 6.81. The summed E-state index contributed by atoms with van der Waals surface area (Å²) in [6.07, 6.45) is 2.89. The molecular formula is C23H17FN4O4S. The van der Waals surface area contributed by atoms with Crippen molar-refractivity contribution >= 4 is 40.3 Å². The van der Waals surface area contributed by atoms with Crippen molar-refractivity contribution in [1.82, 2.24) is 9.88 Å². The van der Waals surface area contributed by atoms with Crippen LogP contribution in [0.2, 0.25) is 0 Å². The number of likely N-dealkylation sites (N-methyl/N-ethyl adjacent to an activating group) is 1. The number of halogens is 1. The predicted molar refractivity (Wildman–Crippen MR) is 124 cm³/mol. The molecule has 1 amide bonds. The predicted octanol–water partition coefficient (Wildman–Crippen LogP) is 5.55. The van der Waals surface area contributed by atoms with Crippen molar-refractivity contribution in [3.8, 4) is 11.6 Å². The lowest BCUT2D eigenvalue weighted by Crippen LogP contribution is -2.28. The van der Waals surface area contributed by atoms with Crippen LogP contribution in [0.5, 0.6) is 11.6 Å². The Labute approximate surface area is 192 Å². The zero-order valence-corrected chi connectivity index (χ0v) is 18.2. The molecule has 1 aromatic heterocycles. The van der Waals surface area contributed by atoms with Gasteiger partial charge in [-0.2, -0.15) is 0 Å². The molecule has 0 aliphatic carbocycles. The third kappa shape index (κ3) is 5.24. The van der Waals surface area contributed by atoms with E-state index in [0.29, 0.717) is 28.1 Å². The molecule has 4 rings (SSSR count). The molecule has 0 N–H and O–H groups in total. The number of carbonyl (C=O) groups excluding carboxylic acids is 1. The highest BCUT2D eigenvalue weighted by atomic mass is 32.2. The molecule has 1 fully saturated rings. The van der Waals surface area contributed by atoms with Gasteiger partial charge in [0.15, 0.2) is 5.17 Å². The van der Waals surface area contributed by atoms with Crippen molar-refractivity contribution < 1.29 is 18.8 Å². The minimum Gasteiger partial charge on any atom is -0.439 e. The zero-order chi connectivity index (χ0) is 23.4. The Bertz CT molecular complexity index is 1240. The lowest BCUT2D eigenvalue weighted by molar-refractivity contribution is -0.385. The monoisotopic (exact) mass is 464 g/mol. The number of rotatable bonds is 6. The molecule has 0 unspecified atom stereocenters. The quantitative estimate of drug-likeness (QED) is 0.270. The number of thioether (sulfide) groups is 1. The third-order valence-electron chi connectivity index (χ3n) is 4.59. The molecule has 8 nitrogen and oxygen atoms in total. The molecule has 2 aromatic carbocycles. The Morgan fingerprint density at radius 1 is 1.15 bits per heavy atom. The molecule has 1 aliphatic rings. The standard InChI is InChI=1S/C23H17FN4O4S/c1-2-27-22(29)20(33-23(27)26-17-7-5-16(24)6-8-17)13-15-3-10-19(11-4-15)32-21-12-9-18(14-25-21)28(30)31/h3-14H,2H2,1H3/b20-13+,26-23?. The molecule has 1 aliphatic heterocycles. The maximum atomic E-state index is 13.1. The van der Waals surface area contributed by atoms with Gasteiger partial charge in [0.05, 0.1) is 15.5 Å². The topological polar surface area (TPSA) is 97.9 Å². The number of carbonyl (C=O) groups is 1. The second-order valence-corrected chi connectivity index (χ2v) is 7.82. The number of nitro groups is 1. The normalized spacial score (nSPS) is 15.9. The van der Waals surface area contributed by atoms with Crippen LogP contribution in [-0.4, -0.2) is 32.4 Å². The first kappa shape index (κ1) is 22.2. The summed E-state index contributed by atoms with van der Waals surface area (Å²) in [4.78, 5) is 33.4. The molecule has 0 spiro atoms. The van der Waals surface area contributed by atoms with Gasteiger partial charge in [-0.1, -0.05) is 12.1 Å². The van der Waals surface area contributed by atoms with Crippen molar-refractivity contribution in [2.45, 2.75) is 6.92 Å². The first-order valence-corrected chi connectivity index (χ1v) is 10.7. The molecule has 0 radical (unpaired) electrons. The van der Waals surface area contributed by atoms with Crippen LogP contribution in [0.4, 0.5) is 15.8 Å². The SMILES string of the molecule is CCN1C(=O)/C(=C\c2ccc(Oc3ccc([N+](=O)[O-])cn3)cc2)SC1=Nc1ccc(F)cc1. The maximum Gasteiger partial charge on any atom is 0.287 e. The average molecular weight is 464 g/mol. The maximum absolute atomic E-state index is 13.1. The minimum absolute atomic E-state index is 0.119. The number of ether oxygens (including phenoxy) is 1. The van der Waals surface area contributed by atoms with Crippen LogP contribution < -0.4 is 4.74 Å². The van der Waals surface area contributed by atoms with Crippen molar-refractivity contribution in [3.05, 3.63) is 93.3 Å². The first-order chi connectivity index (χ1) is 15.9. The Morgan fingerprint density at radius 3 is 2.48 bits per heavy atom. The fourth-order valence-electron chi connectivity index (χ4n) is 2.94. The van der Waals surface area contributed by atoms with Crippen molar-refractivity contribution in [2.75, 3.05) is 6.54 Å². The van der Waals surface area contributed by atoms with Gasteiger partial charge < -0.3 is 4.74 Å². The van der Waals surface area contributed by atoms with Crippen molar-refractivity contribution in [3.63, 3.8) is 0 Å². The van der Waals surface area contributed by atoms with Gasteiger partial charge in [0.25, 0.3) is 11.6 Å². The molecule has 10 heteroatoms. The van der Waals surface area contributed by atoms with Crippen LogP contribution in [0, 0.1) is 15.9 Å². The van der Waals surface area contributed by atoms with Crippen LogP contribution in [0.25, 0.3) is 6.08 Å². The molecule has 2 heterocycles. The number of hydrogen-bond acceptors (Lipinski definition) is 7. The summed E-state index contributed by atoms with van der Waals surface area (Å²) < 4.78 is 18.7. The summed E-state index contributed by atoms with van der Waals surface area (Å²) >= 11 is 1.25. The van der Waals surface area contributed by atoms with E-state index in [9.17, 15) is 19.3 Å². The third-order valence-corrected chi connectivity index (χ3v) is 5.59. The second kappa shape index (κ2) is 9.61. The Morgan fingerprint density at radius 2 is 1.88 bits per heavy atom. The number of aromatic nitrogens is 1. The van der Waals surface area contributed by atoms with Gasteiger partial charge in [0, 0.05) is 18.7 Å². The van der Waals surface area contributed by atoms with E-state index in [-0.39, 0.29) is 23.3 Å². The Balaban J connectivity index is 1.49. The Hall–Kier alpha value is -4.05. The van der Waals surface area contributed by atoms with E-state index in [1.165, 1.54) is 36.0 Å². The van der Waals surface area contributed by atoms with E-state index in [0.717, 1.165) is 11.8 Å². The Kier molecular flexibility index (Phi) is 6.45. The van der Waals surface area contributed by atoms with Gasteiger partial charge in [-0.15, -0.1) is 0 Å². The van der Waals surface area contributed by atoms with Gasteiger partial charge in [-0.05, 0) is 66.7 Å². The number of amidine groups is 1. The zero-order valence-electron chi connectivity index (χ0n) is 17.3. The molecule has 33 heavy (non-hydrogen) atoms. The van der Waals surface area contributed by atoms with E-state index in [1.54, 1.807) is 47.4 Å². The minimum atomic E-state index is -0.531. The van der Waals surface area contributed by atoms with Crippen LogP contribution >= 0.6 is 11.8 Å². The van der Waals surface area contributed by atoms with Crippen LogP contribution in [0.15, 0.2) is 76.8 Å². The fourth-order valence-corrected chi connectivity index (χ4v) is 4.00. The van der Waals surface area contributed by atoms with Gasteiger partial charge in [0.2, 0.25) is 5.88 Å². The number of aliphatic imine (C=N–C) groups is 1. The van der Waals surface area contributed by atoms with E-state index >= 15 is 0 Å². The highest BCUT2D eigenvalue weighted by Gasteiger charge is 2.32. The summed E-state index contributed by atoms with van der Waals surface area (Å²) in [5.74, 6) is 0.226. The largest absolute Gasteiger partial charge is 0.439 e. The van der Waals surface area contributed by atoms with E-state index in [4.69, 9.17) is 4.74 Å². The number of benzene rings is 2. The van der Waals surface area contributed by atoms with Crippen molar-refractivity contribution in [1.29, 1.82) is 0 Å². The van der Waals surface area contributed by atoms with Crippen LogP contribution in [-0.2, 0) is 4.79 Å². The summed E-state index contributed by atoms with van der Waals surface area (Å²) in [5, 5.41) is 11.2. The fraction of sp³-hybridized carbons (Fsp3) is 0.0870. The molecule has 0 atom stereocenters. The number of pyridine rings is 1. The summed E-state index contributed by atoms with van der Waals surface area (Å²) in [5.41, 5.74) is 1.23. The lowest BCUT2D eigenvalue weighted by atomic mass is 10.2.